The summed E-state index contributed by atoms with van der Waals surface area (Å²) in [6.07, 6.45) is 1.11. The van der Waals surface area contributed by atoms with E-state index in [0.29, 0.717) is 18.9 Å². The van der Waals surface area contributed by atoms with Crippen molar-refractivity contribution in [2.24, 2.45) is 10.3 Å². The molecule has 2 aliphatic heterocycles. The van der Waals surface area contributed by atoms with E-state index in [2.05, 4.69) is 9.71 Å². The van der Waals surface area contributed by atoms with Crippen molar-refractivity contribution in [2.45, 2.75) is 50.5 Å². The Morgan fingerprint density at radius 3 is 2.67 bits per heavy atom. The number of rotatable bonds is 8. The van der Waals surface area contributed by atoms with Crippen LogP contribution in [0.2, 0.25) is 0 Å². The van der Waals surface area contributed by atoms with Crippen molar-refractivity contribution in [2.75, 3.05) is 11.9 Å². The molecule has 1 aromatic rings. The number of nitrogens with zero attached hydrogens (tertiary/aromatic N) is 2. The largest absolute Gasteiger partial charge is 0.509 e. The minimum atomic E-state index is -4.03. The molecule has 0 aliphatic carbocycles. The Bertz CT molecular complexity index is 1030. The number of benzene rings is 1. The first kappa shape index (κ1) is 21.8. The van der Waals surface area contributed by atoms with E-state index in [0.717, 1.165) is 0 Å². The van der Waals surface area contributed by atoms with E-state index in [4.69, 9.17) is 5.11 Å². The van der Waals surface area contributed by atoms with Gasteiger partial charge in [0.25, 0.3) is 15.9 Å². The van der Waals surface area contributed by atoms with Crippen molar-refractivity contribution in [3.63, 3.8) is 0 Å². The van der Waals surface area contributed by atoms with Gasteiger partial charge >= 0.3 is 5.97 Å². The van der Waals surface area contributed by atoms with Gasteiger partial charge in [-0.3, -0.25) is 9.59 Å². The number of hydrogen-bond donors (Lipinski definition) is 3. The number of carbonyl (C=O) groups excluding carboxylic acids is 1. The van der Waals surface area contributed by atoms with Crippen LogP contribution in [0.5, 0.6) is 0 Å². The third-order valence-corrected chi connectivity index (χ3v) is 6.44. The van der Waals surface area contributed by atoms with Crippen molar-refractivity contribution >= 4 is 33.4 Å². The maximum atomic E-state index is 13.1. The Kier molecular flexibility index (Phi) is 6.16. The van der Waals surface area contributed by atoms with Crippen molar-refractivity contribution in [1.82, 2.24) is 4.90 Å². The van der Waals surface area contributed by atoms with Gasteiger partial charge in [-0.25, -0.2) is 0 Å². The number of para-hydroxylation sites is 1. The predicted molar refractivity (Wildman–Crippen MR) is 111 cm³/mol. The first-order valence-electron chi connectivity index (χ1n) is 9.79. The molecule has 30 heavy (non-hydrogen) atoms. The number of amides is 1. The summed E-state index contributed by atoms with van der Waals surface area (Å²) in [6, 6.07) is 5.47. The Labute approximate surface area is 175 Å². The fourth-order valence-corrected chi connectivity index (χ4v) is 4.67. The zero-order chi connectivity index (χ0) is 22.1. The van der Waals surface area contributed by atoms with Gasteiger partial charge < -0.3 is 20.4 Å². The average molecular weight is 436 g/mol. The van der Waals surface area contributed by atoms with Gasteiger partial charge in [0.05, 0.1) is 11.7 Å². The number of sulfonamides is 1. The molecule has 1 unspecified atom stereocenters. The molecule has 2 heterocycles. The van der Waals surface area contributed by atoms with E-state index in [9.17, 15) is 23.1 Å². The van der Waals surface area contributed by atoms with E-state index >= 15 is 0 Å². The molecule has 0 saturated heterocycles. The number of carboxylic acids is 1. The predicted octanol–water partition coefficient (Wildman–Crippen LogP) is 2.52. The minimum Gasteiger partial charge on any atom is -0.509 e. The molecular formula is C20H25N3O6S. The zero-order valence-electron chi connectivity index (χ0n) is 16.8. The van der Waals surface area contributed by atoms with Gasteiger partial charge in [-0.15, -0.1) is 4.40 Å². The van der Waals surface area contributed by atoms with E-state index < -0.39 is 27.9 Å². The number of fused-ring (bicyclic) bond motifs is 1. The van der Waals surface area contributed by atoms with Crippen LogP contribution in [0.25, 0.3) is 0 Å². The van der Waals surface area contributed by atoms with Crippen LogP contribution in [-0.4, -0.2) is 53.8 Å². The fourth-order valence-electron chi connectivity index (χ4n) is 3.55. The van der Waals surface area contributed by atoms with Crippen LogP contribution in [0.3, 0.4) is 0 Å². The van der Waals surface area contributed by atoms with Crippen LogP contribution < -0.4 is 5.32 Å². The quantitative estimate of drug-likeness (QED) is 0.571. The van der Waals surface area contributed by atoms with Crippen molar-refractivity contribution in [3.05, 3.63) is 35.6 Å². The molecule has 0 fully saturated rings. The lowest BCUT2D eigenvalue weighted by molar-refractivity contribution is -0.137. The Balaban J connectivity index is 1.96. The SMILES string of the molecule is CC(C)CCN1C(=O)C(C2=NS(=O)(=O)c3ccccc3N2)=C(O)C1CCCC(=O)O. The van der Waals surface area contributed by atoms with Crippen LogP contribution in [0.15, 0.2) is 44.9 Å². The highest BCUT2D eigenvalue weighted by Crippen LogP contribution is 2.34. The first-order chi connectivity index (χ1) is 14.1. The van der Waals surface area contributed by atoms with Gasteiger partial charge in [-0.05, 0) is 37.3 Å². The van der Waals surface area contributed by atoms with Gasteiger partial charge in [-0.2, -0.15) is 8.42 Å². The van der Waals surface area contributed by atoms with Crippen LogP contribution in [-0.2, 0) is 19.6 Å². The minimum absolute atomic E-state index is 0.00559. The number of nitrogens with one attached hydrogen (secondary N) is 1. The van der Waals surface area contributed by atoms with E-state index in [1.54, 1.807) is 18.2 Å². The Morgan fingerprint density at radius 1 is 1.30 bits per heavy atom. The standard InChI is InChI=1S/C20H25N3O6S/c1-12(2)10-11-23-14(7-5-9-16(24)25)18(26)17(20(23)27)19-21-13-6-3-4-8-15(13)30(28,29)22-19/h3-4,6,8,12,14,26H,5,7,9-11H2,1-2H3,(H,21,22)(H,24,25). The molecule has 3 N–H and O–H groups in total. The Hall–Kier alpha value is -2.88. The summed E-state index contributed by atoms with van der Waals surface area (Å²) in [5.74, 6) is -1.67. The second-order valence-corrected chi connectivity index (χ2v) is 9.35. The number of aliphatic hydroxyl groups is 1. The van der Waals surface area contributed by atoms with Gasteiger partial charge in [0, 0.05) is 13.0 Å². The Morgan fingerprint density at radius 2 is 2.00 bits per heavy atom. The molecule has 10 heteroatoms. The second-order valence-electron chi connectivity index (χ2n) is 7.78. The number of aliphatic hydroxyl groups excluding tert-OH is 1. The third kappa shape index (κ3) is 4.33. The molecule has 1 amide bonds. The molecule has 1 atom stereocenters. The smallest absolute Gasteiger partial charge is 0.303 e. The number of carboxylic acid groups (broad SMARTS) is 1. The lowest BCUT2D eigenvalue weighted by atomic mass is 10.1. The average Bonchev–Trinajstić information content (AvgIpc) is 2.89. The van der Waals surface area contributed by atoms with E-state index in [1.807, 2.05) is 13.8 Å². The van der Waals surface area contributed by atoms with Gasteiger partial charge in [0.2, 0.25) is 0 Å². The molecule has 162 valence electrons. The number of hydrogen-bond acceptors (Lipinski definition) is 6. The molecule has 1 aromatic carbocycles. The number of carbonyl (C=O) groups is 2. The van der Waals surface area contributed by atoms with E-state index in [1.165, 1.54) is 11.0 Å². The van der Waals surface area contributed by atoms with Crippen LogP contribution in [0, 0.1) is 5.92 Å². The van der Waals surface area contributed by atoms with Gasteiger partial charge in [0.15, 0.2) is 5.84 Å². The summed E-state index contributed by atoms with van der Waals surface area (Å²) < 4.78 is 28.8. The molecule has 0 aromatic heterocycles. The lowest BCUT2D eigenvalue weighted by Gasteiger charge is -2.26. The van der Waals surface area contributed by atoms with Crippen LogP contribution in [0.1, 0.15) is 39.5 Å². The van der Waals surface area contributed by atoms with Crippen molar-refractivity contribution in [1.29, 1.82) is 0 Å². The van der Waals surface area contributed by atoms with Crippen molar-refractivity contribution in [3.8, 4) is 0 Å². The monoisotopic (exact) mass is 435 g/mol. The van der Waals surface area contributed by atoms with Crippen molar-refractivity contribution < 1.29 is 28.2 Å². The maximum Gasteiger partial charge on any atom is 0.303 e. The molecule has 0 spiro atoms. The molecule has 0 radical (unpaired) electrons. The summed E-state index contributed by atoms with van der Waals surface area (Å²) in [7, 11) is -4.03. The molecule has 9 nitrogen and oxygen atoms in total. The van der Waals surface area contributed by atoms with Crippen LogP contribution in [0.4, 0.5) is 5.69 Å². The zero-order valence-corrected chi connectivity index (χ0v) is 17.6. The summed E-state index contributed by atoms with van der Waals surface area (Å²) in [4.78, 5) is 25.5. The number of anilines is 1. The molecule has 3 rings (SSSR count). The van der Waals surface area contributed by atoms with Crippen LogP contribution >= 0.6 is 0 Å². The lowest BCUT2D eigenvalue weighted by Crippen LogP contribution is -2.38. The second kappa shape index (κ2) is 8.47. The first-order valence-corrected chi connectivity index (χ1v) is 11.2. The highest BCUT2D eigenvalue weighted by molar-refractivity contribution is 7.90. The normalized spacial score (nSPS) is 20.2. The number of aliphatic carboxylic acids is 1. The topological polar surface area (TPSA) is 136 Å². The summed E-state index contributed by atoms with van der Waals surface area (Å²) in [6.45, 7) is 4.37. The summed E-state index contributed by atoms with van der Waals surface area (Å²) in [5.41, 5.74) is 0.0933. The highest BCUT2D eigenvalue weighted by atomic mass is 32.2. The third-order valence-electron chi connectivity index (χ3n) is 5.10. The maximum absolute atomic E-state index is 13.1. The molecule has 0 saturated carbocycles. The molecular weight excluding hydrogens is 410 g/mol. The molecule has 0 bridgehead atoms. The van der Waals surface area contributed by atoms with E-state index in [-0.39, 0.29) is 47.0 Å². The summed E-state index contributed by atoms with van der Waals surface area (Å²) >= 11 is 0. The molecule has 2 aliphatic rings. The van der Waals surface area contributed by atoms with Gasteiger partial charge in [-0.1, -0.05) is 26.0 Å². The number of amidine groups is 1. The van der Waals surface area contributed by atoms with Gasteiger partial charge in [0.1, 0.15) is 16.2 Å². The summed E-state index contributed by atoms with van der Waals surface area (Å²) in [5, 5.41) is 22.6. The highest BCUT2D eigenvalue weighted by Gasteiger charge is 2.43. The fraction of sp³-hybridized carbons (Fsp3) is 0.450.